The molecule has 0 aliphatic carbocycles. The van der Waals surface area contributed by atoms with E-state index in [1.165, 1.54) is 18.2 Å². The van der Waals surface area contributed by atoms with Gasteiger partial charge in [-0.2, -0.15) is 0 Å². The second-order valence-corrected chi connectivity index (χ2v) is 10.5. The van der Waals surface area contributed by atoms with E-state index in [2.05, 4.69) is 4.90 Å². The van der Waals surface area contributed by atoms with E-state index in [-0.39, 0.29) is 24.9 Å². The molecule has 32 heavy (non-hydrogen) atoms. The van der Waals surface area contributed by atoms with Crippen molar-refractivity contribution in [1.82, 2.24) is 9.80 Å². The van der Waals surface area contributed by atoms with Crippen molar-refractivity contribution in [3.63, 3.8) is 0 Å². The van der Waals surface area contributed by atoms with Gasteiger partial charge in [0.25, 0.3) is 0 Å². The predicted molar refractivity (Wildman–Crippen MR) is 123 cm³/mol. The van der Waals surface area contributed by atoms with Gasteiger partial charge in [0, 0.05) is 42.8 Å². The Labute approximate surface area is 197 Å². The van der Waals surface area contributed by atoms with Gasteiger partial charge in [-0.05, 0) is 35.9 Å². The second-order valence-electron chi connectivity index (χ2n) is 7.74. The van der Waals surface area contributed by atoms with Crippen molar-refractivity contribution in [2.45, 2.75) is 6.54 Å². The summed E-state index contributed by atoms with van der Waals surface area (Å²) in [7, 11) is -3.71. The Bertz CT molecular complexity index is 1100. The minimum Gasteiger partial charge on any atom is -0.454 e. The number of carbonyl (C=O) groups excluding carboxylic acids is 1. The summed E-state index contributed by atoms with van der Waals surface area (Å²) in [6, 6.07) is 10.3. The highest BCUT2D eigenvalue weighted by molar-refractivity contribution is 7.92. The number of anilines is 1. The summed E-state index contributed by atoms with van der Waals surface area (Å²) in [5.41, 5.74) is 1.37. The highest BCUT2D eigenvalue weighted by Gasteiger charge is 2.27. The van der Waals surface area contributed by atoms with Crippen LogP contribution in [-0.4, -0.2) is 69.9 Å². The van der Waals surface area contributed by atoms with E-state index in [0.717, 1.165) is 34.2 Å². The molecule has 0 atom stereocenters. The van der Waals surface area contributed by atoms with E-state index in [9.17, 15) is 13.2 Å². The molecule has 0 unspecified atom stereocenters. The SMILES string of the molecule is CS(=O)(=O)N(CC(=O)N1CCN(Cc2ccc3c(c2)OCO3)CC1)c1cc(Cl)cc(Cl)c1. The number of benzene rings is 2. The number of halogens is 2. The zero-order valence-corrected chi connectivity index (χ0v) is 19.8. The van der Waals surface area contributed by atoms with Crippen molar-refractivity contribution < 1.29 is 22.7 Å². The van der Waals surface area contributed by atoms with Gasteiger partial charge in [0.05, 0.1) is 11.9 Å². The van der Waals surface area contributed by atoms with Gasteiger partial charge in [0.15, 0.2) is 11.5 Å². The number of ether oxygens (including phenoxy) is 2. The number of hydrogen-bond acceptors (Lipinski definition) is 6. The molecule has 2 heterocycles. The lowest BCUT2D eigenvalue weighted by Gasteiger charge is -2.36. The fourth-order valence-electron chi connectivity index (χ4n) is 3.76. The largest absolute Gasteiger partial charge is 0.454 e. The maximum atomic E-state index is 12.9. The molecule has 0 saturated carbocycles. The zero-order valence-electron chi connectivity index (χ0n) is 17.5. The second kappa shape index (κ2) is 9.35. The Morgan fingerprint density at radius 3 is 2.31 bits per heavy atom. The van der Waals surface area contributed by atoms with Crippen molar-refractivity contribution in [1.29, 1.82) is 0 Å². The number of fused-ring (bicyclic) bond motifs is 1. The molecule has 0 N–H and O–H groups in total. The Kier molecular flexibility index (Phi) is 6.71. The van der Waals surface area contributed by atoms with Gasteiger partial charge in [-0.1, -0.05) is 29.3 Å². The van der Waals surface area contributed by atoms with Crippen LogP contribution in [-0.2, 0) is 21.4 Å². The van der Waals surface area contributed by atoms with Crippen molar-refractivity contribution in [2.75, 3.05) is 50.1 Å². The average molecular weight is 500 g/mol. The van der Waals surface area contributed by atoms with Crippen molar-refractivity contribution in [3.8, 4) is 11.5 Å². The molecule has 0 spiro atoms. The highest BCUT2D eigenvalue weighted by Crippen LogP contribution is 2.33. The molecule has 2 aromatic carbocycles. The molecule has 0 aromatic heterocycles. The number of amides is 1. The third-order valence-corrected chi connectivity index (χ3v) is 6.96. The van der Waals surface area contributed by atoms with Crippen LogP contribution in [0.15, 0.2) is 36.4 Å². The molecule has 2 aromatic rings. The Balaban J connectivity index is 1.36. The van der Waals surface area contributed by atoms with Crippen molar-refractivity contribution in [3.05, 3.63) is 52.0 Å². The summed E-state index contributed by atoms with van der Waals surface area (Å²) >= 11 is 12.0. The molecular weight excluding hydrogens is 477 g/mol. The van der Waals surface area contributed by atoms with E-state index in [1.807, 2.05) is 18.2 Å². The van der Waals surface area contributed by atoms with Crippen LogP contribution < -0.4 is 13.8 Å². The summed E-state index contributed by atoms with van der Waals surface area (Å²) in [4.78, 5) is 16.8. The standard InChI is InChI=1S/C21H23Cl2N3O5S/c1-32(28,29)26(18-10-16(22)9-17(23)11-18)13-21(27)25-6-4-24(5-7-25)12-15-2-3-19-20(8-15)31-14-30-19/h2-3,8-11H,4-7,12-14H2,1H3. The first-order valence-electron chi connectivity index (χ1n) is 10.0. The summed E-state index contributed by atoms with van der Waals surface area (Å²) in [5, 5.41) is 0.594. The summed E-state index contributed by atoms with van der Waals surface area (Å²) in [5.74, 6) is 1.23. The van der Waals surface area contributed by atoms with Crippen LogP contribution in [0.5, 0.6) is 11.5 Å². The Hall–Kier alpha value is -2.20. The van der Waals surface area contributed by atoms with Crippen LogP contribution in [0.2, 0.25) is 10.0 Å². The fourth-order valence-corrected chi connectivity index (χ4v) is 5.11. The fraction of sp³-hybridized carbons (Fsp3) is 0.381. The number of piperazine rings is 1. The zero-order chi connectivity index (χ0) is 22.9. The van der Waals surface area contributed by atoms with Crippen LogP contribution in [0.4, 0.5) is 5.69 Å². The minimum atomic E-state index is -3.71. The lowest BCUT2D eigenvalue weighted by Crippen LogP contribution is -2.51. The van der Waals surface area contributed by atoms with Crippen LogP contribution in [0.25, 0.3) is 0 Å². The van der Waals surface area contributed by atoms with E-state index in [0.29, 0.717) is 36.2 Å². The lowest BCUT2D eigenvalue weighted by atomic mass is 10.1. The third kappa shape index (κ3) is 5.40. The average Bonchev–Trinajstić information content (AvgIpc) is 3.18. The van der Waals surface area contributed by atoms with Gasteiger partial charge < -0.3 is 14.4 Å². The Morgan fingerprint density at radius 2 is 1.66 bits per heavy atom. The van der Waals surface area contributed by atoms with E-state index >= 15 is 0 Å². The van der Waals surface area contributed by atoms with E-state index in [4.69, 9.17) is 32.7 Å². The molecule has 8 nitrogen and oxygen atoms in total. The molecule has 2 aliphatic heterocycles. The summed E-state index contributed by atoms with van der Waals surface area (Å²) in [6.45, 7) is 3.05. The van der Waals surface area contributed by atoms with Gasteiger partial charge >= 0.3 is 0 Å². The number of carbonyl (C=O) groups is 1. The molecule has 1 fully saturated rings. The molecule has 2 aliphatic rings. The quantitative estimate of drug-likeness (QED) is 0.607. The molecule has 172 valence electrons. The number of sulfonamides is 1. The highest BCUT2D eigenvalue weighted by atomic mass is 35.5. The van der Waals surface area contributed by atoms with E-state index < -0.39 is 10.0 Å². The maximum Gasteiger partial charge on any atom is 0.243 e. The molecule has 1 amide bonds. The van der Waals surface area contributed by atoms with Crippen LogP contribution in [0.1, 0.15) is 5.56 Å². The molecular formula is C21H23Cl2N3O5S. The van der Waals surface area contributed by atoms with Crippen molar-refractivity contribution in [2.24, 2.45) is 0 Å². The number of hydrogen-bond donors (Lipinski definition) is 0. The van der Waals surface area contributed by atoms with Gasteiger partial charge in [-0.15, -0.1) is 0 Å². The normalized spacial score (nSPS) is 16.3. The van der Waals surface area contributed by atoms with Gasteiger partial charge in [0.1, 0.15) is 6.54 Å². The van der Waals surface area contributed by atoms with Crippen LogP contribution >= 0.6 is 23.2 Å². The minimum absolute atomic E-state index is 0.242. The van der Waals surface area contributed by atoms with Gasteiger partial charge in [-0.25, -0.2) is 8.42 Å². The topological polar surface area (TPSA) is 79.4 Å². The van der Waals surface area contributed by atoms with Gasteiger partial charge in [0.2, 0.25) is 22.7 Å². The first kappa shape index (κ1) is 23.0. The first-order valence-corrected chi connectivity index (χ1v) is 12.6. The van der Waals surface area contributed by atoms with Crippen LogP contribution in [0.3, 0.4) is 0 Å². The molecule has 11 heteroatoms. The summed E-state index contributed by atoms with van der Waals surface area (Å²) < 4.78 is 36.5. The predicted octanol–water partition coefficient (Wildman–Crippen LogP) is 2.83. The van der Waals surface area contributed by atoms with Crippen molar-refractivity contribution >= 4 is 44.8 Å². The number of nitrogens with zero attached hydrogens (tertiary/aromatic N) is 3. The smallest absolute Gasteiger partial charge is 0.243 e. The first-order chi connectivity index (χ1) is 15.2. The third-order valence-electron chi connectivity index (χ3n) is 5.38. The van der Waals surface area contributed by atoms with E-state index in [1.54, 1.807) is 4.90 Å². The number of rotatable bonds is 6. The molecule has 0 radical (unpaired) electrons. The maximum absolute atomic E-state index is 12.9. The molecule has 1 saturated heterocycles. The lowest BCUT2D eigenvalue weighted by molar-refractivity contribution is -0.131. The summed E-state index contributed by atoms with van der Waals surface area (Å²) in [6.07, 6.45) is 1.05. The monoisotopic (exact) mass is 499 g/mol. The Morgan fingerprint density at radius 1 is 1.00 bits per heavy atom. The molecule has 0 bridgehead atoms. The van der Waals surface area contributed by atoms with Crippen LogP contribution in [0, 0.1) is 0 Å². The van der Waals surface area contributed by atoms with Gasteiger partial charge in [-0.3, -0.25) is 14.0 Å². The molecule has 4 rings (SSSR count).